The summed E-state index contributed by atoms with van der Waals surface area (Å²) >= 11 is 5.65. The van der Waals surface area contributed by atoms with Crippen molar-refractivity contribution in [1.82, 2.24) is 4.98 Å². The highest BCUT2D eigenvalue weighted by Crippen LogP contribution is 2.11. The lowest BCUT2D eigenvalue weighted by Crippen LogP contribution is -2.15. The van der Waals surface area contributed by atoms with Crippen molar-refractivity contribution >= 4 is 17.3 Å². The minimum absolute atomic E-state index is 0.364. The van der Waals surface area contributed by atoms with E-state index in [1.54, 1.807) is 25.3 Å². The summed E-state index contributed by atoms with van der Waals surface area (Å²) in [6, 6.07) is 3.51. The van der Waals surface area contributed by atoms with E-state index in [-0.39, 0.29) is 6.10 Å². The Morgan fingerprint density at radius 2 is 2.50 bits per heavy atom. The van der Waals surface area contributed by atoms with Gasteiger partial charge in [-0.05, 0) is 19.1 Å². The molecular weight excluding hydrogens is 176 g/mol. The predicted molar refractivity (Wildman–Crippen MR) is 49.4 cm³/mol. The summed E-state index contributed by atoms with van der Waals surface area (Å²) in [4.78, 5) is 3.83. The van der Waals surface area contributed by atoms with E-state index in [1.807, 2.05) is 0 Å². The number of anilines is 1. The summed E-state index contributed by atoms with van der Waals surface area (Å²) in [5.41, 5.74) is 0.871. The predicted octanol–water partition coefficient (Wildman–Crippen LogP) is 1.53. The second-order valence-electron chi connectivity index (χ2n) is 2.60. The molecule has 1 atom stereocenters. The lowest BCUT2D eigenvalue weighted by atomic mass is 10.3. The molecule has 0 saturated carbocycles. The molecule has 0 amide bonds. The highest BCUT2D eigenvalue weighted by atomic mass is 35.5. The molecule has 1 aromatic rings. The molecule has 0 saturated heterocycles. The zero-order valence-electron chi connectivity index (χ0n) is 6.79. The van der Waals surface area contributed by atoms with Crippen LogP contribution in [0.1, 0.15) is 6.92 Å². The van der Waals surface area contributed by atoms with Gasteiger partial charge in [-0.15, -0.1) is 0 Å². The molecule has 1 unspecified atom stereocenters. The SMILES string of the molecule is CC(O)CNc1ccnc(Cl)c1. The molecule has 0 aromatic carbocycles. The van der Waals surface area contributed by atoms with E-state index in [1.165, 1.54) is 0 Å². The van der Waals surface area contributed by atoms with Gasteiger partial charge in [-0.2, -0.15) is 0 Å². The fourth-order valence-corrected chi connectivity index (χ4v) is 0.952. The van der Waals surface area contributed by atoms with Crippen molar-refractivity contribution in [1.29, 1.82) is 0 Å². The Kier molecular flexibility index (Phi) is 3.31. The summed E-state index contributed by atoms with van der Waals surface area (Å²) in [6.45, 7) is 2.23. The molecule has 66 valence electrons. The van der Waals surface area contributed by atoms with E-state index >= 15 is 0 Å². The first-order valence-corrected chi connectivity index (χ1v) is 4.10. The standard InChI is InChI=1S/C8H11ClN2O/c1-6(12)5-11-7-2-3-10-8(9)4-7/h2-4,6,12H,5H2,1H3,(H,10,11). The number of pyridine rings is 1. The van der Waals surface area contributed by atoms with Crippen LogP contribution in [0.25, 0.3) is 0 Å². The fraction of sp³-hybridized carbons (Fsp3) is 0.375. The Balaban J connectivity index is 2.52. The van der Waals surface area contributed by atoms with Crippen LogP contribution in [-0.4, -0.2) is 22.7 Å². The first-order valence-electron chi connectivity index (χ1n) is 3.72. The van der Waals surface area contributed by atoms with Crippen LogP contribution in [-0.2, 0) is 0 Å². The number of aliphatic hydroxyl groups is 1. The maximum Gasteiger partial charge on any atom is 0.131 e. The van der Waals surface area contributed by atoms with Gasteiger partial charge in [0, 0.05) is 18.4 Å². The van der Waals surface area contributed by atoms with Crippen LogP contribution in [0.3, 0.4) is 0 Å². The zero-order valence-corrected chi connectivity index (χ0v) is 7.54. The molecule has 1 aromatic heterocycles. The van der Waals surface area contributed by atoms with Gasteiger partial charge >= 0.3 is 0 Å². The minimum Gasteiger partial charge on any atom is -0.392 e. The van der Waals surface area contributed by atoms with Crippen LogP contribution in [0.4, 0.5) is 5.69 Å². The molecule has 0 spiro atoms. The Labute approximate surface area is 76.4 Å². The number of hydrogen-bond acceptors (Lipinski definition) is 3. The molecule has 0 aliphatic rings. The van der Waals surface area contributed by atoms with Gasteiger partial charge in [-0.3, -0.25) is 0 Å². The molecule has 3 nitrogen and oxygen atoms in total. The third kappa shape index (κ3) is 3.07. The minimum atomic E-state index is -0.364. The van der Waals surface area contributed by atoms with Crippen LogP contribution in [0.5, 0.6) is 0 Å². The number of nitrogens with one attached hydrogen (secondary N) is 1. The molecule has 1 rings (SSSR count). The topological polar surface area (TPSA) is 45.1 Å². The number of nitrogens with zero attached hydrogens (tertiary/aromatic N) is 1. The second kappa shape index (κ2) is 4.28. The van der Waals surface area contributed by atoms with Crippen molar-refractivity contribution < 1.29 is 5.11 Å². The molecule has 0 bridgehead atoms. The van der Waals surface area contributed by atoms with Crippen molar-refractivity contribution in [3.05, 3.63) is 23.5 Å². The van der Waals surface area contributed by atoms with Gasteiger partial charge in [-0.25, -0.2) is 4.98 Å². The Morgan fingerprint density at radius 3 is 3.08 bits per heavy atom. The summed E-state index contributed by atoms with van der Waals surface area (Å²) in [6.07, 6.45) is 1.25. The molecule has 0 fully saturated rings. The molecule has 0 aliphatic heterocycles. The van der Waals surface area contributed by atoms with Crippen molar-refractivity contribution in [3.63, 3.8) is 0 Å². The monoisotopic (exact) mass is 186 g/mol. The smallest absolute Gasteiger partial charge is 0.131 e. The van der Waals surface area contributed by atoms with Crippen LogP contribution >= 0.6 is 11.6 Å². The number of hydrogen-bond donors (Lipinski definition) is 2. The molecule has 4 heteroatoms. The van der Waals surface area contributed by atoms with E-state index in [0.717, 1.165) is 5.69 Å². The fourth-order valence-electron chi connectivity index (χ4n) is 0.778. The highest BCUT2D eigenvalue weighted by Gasteiger charge is 1.96. The molecular formula is C8H11ClN2O. The van der Waals surface area contributed by atoms with Gasteiger partial charge in [0.05, 0.1) is 6.10 Å². The Bertz CT molecular complexity index is 253. The number of aliphatic hydroxyl groups excluding tert-OH is 1. The van der Waals surface area contributed by atoms with Crippen LogP contribution < -0.4 is 5.32 Å². The maximum atomic E-state index is 8.97. The average molecular weight is 187 g/mol. The van der Waals surface area contributed by atoms with Crippen molar-refractivity contribution in [2.24, 2.45) is 0 Å². The first-order chi connectivity index (χ1) is 5.68. The van der Waals surface area contributed by atoms with Gasteiger partial charge in [0.1, 0.15) is 5.15 Å². The van der Waals surface area contributed by atoms with Gasteiger partial charge in [0.2, 0.25) is 0 Å². The van der Waals surface area contributed by atoms with Gasteiger partial charge in [0.25, 0.3) is 0 Å². The zero-order chi connectivity index (χ0) is 8.97. The van der Waals surface area contributed by atoms with E-state index in [2.05, 4.69) is 10.3 Å². The van der Waals surface area contributed by atoms with Gasteiger partial charge < -0.3 is 10.4 Å². The molecule has 12 heavy (non-hydrogen) atoms. The number of aromatic nitrogens is 1. The molecule has 0 radical (unpaired) electrons. The van der Waals surface area contributed by atoms with E-state index < -0.39 is 0 Å². The quantitative estimate of drug-likeness (QED) is 0.704. The molecule has 2 N–H and O–H groups in total. The van der Waals surface area contributed by atoms with Gasteiger partial charge in [0.15, 0.2) is 0 Å². The summed E-state index contributed by atoms with van der Waals surface area (Å²) in [5, 5.41) is 12.4. The van der Waals surface area contributed by atoms with Crippen LogP contribution in [0.2, 0.25) is 5.15 Å². The van der Waals surface area contributed by atoms with E-state index in [0.29, 0.717) is 11.7 Å². The molecule has 1 heterocycles. The third-order valence-electron chi connectivity index (χ3n) is 1.33. The molecule has 0 aliphatic carbocycles. The summed E-state index contributed by atoms with van der Waals surface area (Å²) in [7, 11) is 0. The second-order valence-corrected chi connectivity index (χ2v) is 2.98. The number of rotatable bonds is 3. The van der Waals surface area contributed by atoms with Crippen molar-refractivity contribution in [2.45, 2.75) is 13.0 Å². The van der Waals surface area contributed by atoms with E-state index in [4.69, 9.17) is 16.7 Å². The largest absolute Gasteiger partial charge is 0.392 e. The van der Waals surface area contributed by atoms with Crippen LogP contribution in [0.15, 0.2) is 18.3 Å². The van der Waals surface area contributed by atoms with Crippen molar-refractivity contribution in [3.8, 4) is 0 Å². The van der Waals surface area contributed by atoms with Crippen molar-refractivity contribution in [2.75, 3.05) is 11.9 Å². The third-order valence-corrected chi connectivity index (χ3v) is 1.53. The van der Waals surface area contributed by atoms with Gasteiger partial charge in [-0.1, -0.05) is 11.6 Å². The van der Waals surface area contributed by atoms with E-state index in [9.17, 15) is 0 Å². The average Bonchev–Trinajstić information content (AvgIpc) is 2.01. The maximum absolute atomic E-state index is 8.97. The normalized spacial score (nSPS) is 12.6. The summed E-state index contributed by atoms with van der Waals surface area (Å²) < 4.78 is 0. The lowest BCUT2D eigenvalue weighted by molar-refractivity contribution is 0.208. The Morgan fingerprint density at radius 1 is 1.75 bits per heavy atom. The lowest BCUT2D eigenvalue weighted by Gasteiger charge is -2.07. The highest BCUT2D eigenvalue weighted by molar-refractivity contribution is 6.29. The number of halogens is 1. The summed E-state index contributed by atoms with van der Waals surface area (Å²) in [5.74, 6) is 0. The first kappa shape index (κ1) is 9.29. The van der Waals surface area contributed by atoms with Crippen LogP contribution in [0, 0.1) is 0 Å². The Hall–Kier alpha value is -0.800.